The highest BCUT2D eigenvalue weighted by Crippen LogP contribution is 2.15. The van der Waals surface area contributed by atoms with Crippen molar-refractivity contribution >= 4 is 27.6 Å². The number of carbonyl (C=O) groups is 1. The maximum absolute atomic E-state index is 12.5. The van der Waals surface area contributed by atoms with E-state index in [4.69, 9.17) is 4.74 Å². The van der Waals surface area contributed by atoms with Gasteiger partial charge in [0.25, 0.3) is 5.91 Å². The number of nitrogens with one attached hydrogen (secondary N) is 3. The van der Waals surface area contributed by atoms with Gasteiger partial charge in [0.15, 0.2) is 0 Å². The van der Waals surface area contributed by atoms with E-state index in [-0.39, 0.29) is 23.9 Å². The largest absolute Gasteiger partial charge is 0.383 e. The molecule has 2 aromatic carbocycles. The molecule has 3 aromatic rings. The van der Waals surface area contributed by atoms with Gasteiger partial charge in [-0.25, -0.2) is 23.1 Å². The number of anilines is 2. The van der Waals surface area contributed by atoms with Crippen LogP contribution in [0.1, 0.15) is 27.3 Å². The minimum absolute atomic E-state index is 0.157. The molecule has 3 rings (SSSR count). The molecule has 33 heavy (non-hydrogen) atoms. The lowest BCUT2D eigenvalue weighted by Gasteiger charge is -2.09. The summed E-state index contributed by atoms with van der Waals surface area (Å²) in [6, 6.07) is 15.2. The SMILES string of the molecule is COCCNS(=O)(=O)c1ccc(CNC(=O)c2ccc(Nc3nc(C)cc(C)n3)cc2)cc1. The molecule has 0 unspecified atom stereocenters. The zero-order valence-corrected chi connectivity index (χ0v) is 19.6. The third kappa shape index (κ3) is 7.07. The Labute approximate surface area is 193 Å². The minimum atomic E-state index is -3.59. The number of benzene rings is 2. The number of nitrogens with zero attached hydrogens (tertiary/aromatic N) is 2. The summed E-state index contributed by atoms with van der Waals surface area (Å²) < 4.78 is 31.7. The summed E-state index contributed by atoms with van der Waals surface area (Å²) in [5.41, 5.74) is 3.79. The van der Waals surface area contributed by atoms with Crippen LogP contribution < -0.4 is 15.4 Å². The van der Waals surface area contributed by atoms with E-state index in [0.717, 1.165) is 22.6 Å². The second kappa shape index (κ2) is 11.0. The number of carbonyl (C=O) groups excluding carboxylic acids is 1. The van der Waals surface area contributed by atoms with Gasteiger partial charge in [-0.1, -0.05) is 12.1 Å². The number of aryl methyl sites for hydroxylation is 2. The zero-order chi connectivity index (χ0) is 23.8. The first-order chi connectivity index (χ1) is 15.8. The molecule has 0 atom stereocenters. The molecule has 0 radical (unpaired) electrons. The minimum Gasteiger partial charge on any atom is -0.383 e. The van der Waals surface area contributed by atoms with Gasteiger partial charge in [-0.15, -0.1) is 0 Å². The van der Waals surface area contributed by atoms with E-state index >= 15 is 0 Å². The Kier molecular flexibility index (Phi) is 8.10. The molecule has 0 saturated carbocycles. The Bertz CT molecular complexity index is 1180. The summed E-state index contributed by atoms with van der Waals surface area (Å²) in [7, 11) is -2.08. The summed E-state index contributed by atoms with van der Waals surface area (Å²) in [4.78, 5) is 21.3. The maximum Gasteiger partial charge on any atom is 0.251 e. The Balaban J connectivity index is 1.55. The average molecular weight is 470 g/mol. The molecule has 10 heteroatoms. The lowest BCUT2D eigenvalue weighted by Crippen LogP contribution is -2.27. The lowest BCUT2D eigenvalue weighted by molar-refractivity contribution is 0.0951. The van der Waals surface area contributed by atoms with E-state index in [1.165, 1.54) is 19.2 Å². The molecule has 1 aromatic heterocycles. The monoisotopic (exact) mass is 469 g/mol. The molecule has 1 heterocycles. The first kappa shape index (κ1) is 24.3. The van der Waals surface area contributed by atoms with Crippen LogP contribution in [-0.4, -0.2) is 44.6 Å². The molecule has 174 valence electrons. The number of hydrogen-bond donors (Lipinski definition) is 3. The zero-order valence-electron chi connectivity index (χ0n) is 18.8. The lowest BCUT2D eigenvalue weighted by atomic mass is 10.1. The van der Waals surface area contributed by atoms with Crippen molar-refractivity contribution in [1.29, 1.82) is 0 Å². The van der Waals surface area contributed by atoms with Gasteiger partial charge in [0.1, 0.15) is 0 Å². The number of hydrogen-bond acceptors (Lipinski definition) is 7. The van der Waals surface area contributed by atoms with Crippen molar-refractivity contribution < 1.29 is 17.9 Å². The number of aromatic nitrogens is 2. The first-order valence-electron chi connectivity index (χ1n) is 10.3. The Hall–Kier alpha value is -3.34. The van der Waals surface area contributed by atoms with Crippen molar-refractivity contribution in [3.63, 3.8) is 0 Å². The summed E-state index contributed by atoms with van der Waals surface area (Å²) in [6.45, 7) is 4.56. The molecule has 3 N–H and O–H groups in total. The summed E-state index contributed by atoms with van der Waals surface area (Å²) in [5.74, 6) is 0.270. The van der Waals surface area contributed by atoms with E-state index in [0.29, 0.717) is 18.1 Å². The topological polar surface area (TPSA) is 122 Å². The van der Waals surface area contributed by atoms with Gasteiger partial charge in [-0.05, 0) is 61.9 Å². The fourth-order valence-corrected chi connectivity index (χ4v) is 4.06. The van der Waals surface area contributed by atoms with Crippen LogP contribution >= 0.6 is 0 Å². The third-order valence-corrected chi connectivity index (χ3v) is 6.15. The second-order valence-electron chi connectivity index (χ2n) is 7.39. The molecule has 1 amide bonds. The fourth-order valence-electron chi connectivity index (χ4n) is 3.05. The molecule has 0 aliphatic carbocycles. The molecule has 0 spiro atoms. The van der Waals surface area contributed by atoms with Gasteiger partial charge in [-0.2, -0.15) is 0 Å². The van der Waals surface area contributed by atoms with Crippen molar-refractivity contribution in [2.24, 2.45) is 0 Å². The molecular weight excluding hydrogens is 442 g/mol. The van der Waals surface area contributed by atoms with Gasteiger partial charge < -0.3 is 15.4 Å². The Morgan fingerprint density at radius 1 is 0.970 bits per heavy atom. The van der Waals surface area contributed by atoms with Gasteiger partial charge in [0.05, 0.1) is 11.5 Å². The number of amides is 1. The number of methoxy groups -OCH3 is 1. The van der Waals surface area contributed by atoms with Crippen LogP contribution in [0.25, 0.3) is 0 Å². The highest BCUT2D eigenvalue weighted by molar-refractivity contribution is 7.89. The molecule has 0 aliphatic heterocycles. The van der Waals surface area contributed by atoms with E-state index in [1.807, 2.05) is 19.9 Å². The smallest absolute Gasteiger partial charge is 0.251 e. The van der Waals surface area contributed by atoms with Crippen molar-refractivity contribution in [1.82, 2.24) is 20.0 Å². The first-order valence-corrected chi connectivity index (χ1v) is 11.8. The molecule has 0 bridgehead atoms. The predicted octanol–water partition coefficient (Wildman–Crippen LogP) is 2.69. The summed E-state index contributed by atoms with van der Waals surface area (Å²) in [5, 5.41) is 5.96. The van der Waals surface area contributed by atoms with E-state index in [2.05, 4.69) is 25.3 Å². The van der Waals surface area contributed by atoms with Gasteiger partial charge in [0, 0.05) is 42.8 Å². The normalized spacial score (nSPS) is 11.2. The van der Waals surface area contributed by atoms with Crippen LogP contribution in [0.5, 0.6) is 0 Å². The second-order valence-corrected chi connectivity index (χ2v) is 9.16. The van der Waals surface area contributed by atoms with Crippen LogP contribution in [0, 0.1) is 13.8 Å². The van der Waals surface area contributed by atoms with Crippen LogP contribution in [0.4, 0.5) is 11.6 Å². The van der Waals surface area contributed by atoms with Crippen LogP contribution in [0.15, 0.2) is 59.5 Å². The number of ether oxygens (including phenoxy) is 1. The predicted molar refractivity (Wildman–Crippen MR) is 126 cm³/mol. The van der Waals surface area contributed by atoms with Crippen LogP contribution in [-0.2, 0) is 21.3 Å². The van der Waals surface area contributed by atoms with E-state index in [9.17, 15) is 13.2 Å². The van der Waals surface area contributed by atoms with Crippen molar-refractivity contribution in [2.45, 2.75) is 25.3 Å². The molecule has 0 saturated heterocycles. The molecular formula is C23H27N5O4S. The van der Waals surface area contributed by atoms with Crippen molar-refractivity contribution in [2.75, 3.05) is 25.6 Å². The van der Waals surface area contributed by atoms with Gasteiger partial charge in [-0.3, -0.25) is 4.79 Å². The Morgan fingerprint density at radius 3 is 2.21 bits per heavy atom. The Morgan fingerprint density at radius 2 is 1.61 bits per heavy atom. The summed E-state index contributed by atoms with van der Waals surface area (Å²) in [6.07, 6.45) is 0. The van der Waals surface area contributed by atoms with Gasteiger partial charge in [0.2, 0.25) is 16.0 Å². The van der Waals surface area contributed by atoms with Crippen molar-refractivity contribution in [3.8, 4) is 0 Å². The molecule has 0 aliphatic rings. The number of sulfonamides is 1. The standard InChI is InChI=1S/C23H27N5O4S/c1-16-14-17(2)27-23(26-16)28-20-8-6-19(7-9-20)22(29)24-15-18-4-10-21(11-5-18)33(30,31)25-12-13-32-3/h4-11,14,25H,12-13,15H2,1-3H3,(H,24,29)(H,26,27,28). The third-order valence-electron chi connectivity index (χ3n) is 4.67. The fraction of sp³-hybridized carbons (Fsp3) is 0.261. The van der Waals surface area contributed by atoms with E-state index < -0.39 is 10.0 Å². The number of rotatable bonds is 10. The summed E-state index contributed by atoms with van der Waals surface area (Å²) >= 11 is 0. The van der Waals surface area contributed by atoms with E-state index in [1.54, 1.807) is 36.4 Å². The highest BCUT2D eigenvalue weighted by atomic mass is 32.2. The molecule has 9 nitrogen and oxygen atoms in total. The average Bonchev–Trinajstić information content (AvgIpc) is 2.78. The highest BCUT2D eigenvalue weighted by Gasteiger charge is 2.13. The van der Waals surface area contributed by atoms with Crippen molar-refractivity contribution in [3.05, 3.63) is 77.1 Å². The quantitative estimate of drug-likeness (QED) is 0.390. The van der Waals surface area contributed by atoms with Crippen LogP contribution in [0.2, 0.25) is 0 Å². The van der Waals surface area contributed by atoms with Crippen LogP contribution in [0.3, 0.4) is 0 Å². The van der Waals surface area contributed by atoms with Gasteiger partial charge >= 0.3 is 0 Å². The molecule has 0 fully saturated rings. The maximum atomic E-state index is 12.5.